The van der Waals surface area contributed by atoms with Crippen LogP contribution in [0.25, 0.3) is 0 Å². The SMILES string of the molecule is Cc1cccc(C(=O)Nc2cccc(C3SCCS3)c2)c1. The second kappa shape index (κ2) is 6.58. The number of aryl methyl sites for hydroxylation is 1. The summed E-state index contributed by atoms with van der Waals surface area (Å²) >= 11 is 3.94. The minimum atomic E-state index is -0.0532. The molecule has 1 N–H and O–H groups in total. The first-order valence-corrected chi connectivity index (χ1v) is 9.03. The third-order valence-electron chi connectivity index (χ3n) is 3.32. The average molecular weight is 315 g/mol. The van der Waals surface area contributed by atoms with E-state index < -0.39 is 0 Å². The van der Waals surface area contributed by atoms with Gasteiger partial charge in [-0.05, 0) is 36.8 Å². The van der Waals surface area contributed by atoms with Gasteiger partial charge < -0.3 is 5.32 Å². The van der Waals surface area contributed by atoms with E-state index in [2.05, 4.69) is 17.4 Å². The molecule has 1 fully saturated rings. The van der Waals surface area contributed by atoms with Crippen molar-refractivity contribution < 1.29 is 4.79 Å². The van der Waals surface area contributed by atoms with E-state index in [1.165, 1.54) is 17.1 Å². The largest absolute Gasteiger partial charge is 0.322 e. The minimum absolute atomic E-state index is 0.0532. The maximum atomic E-state index is 12.3. The number of amides is 1. The maximum Gasteiger partial charge on any atom is 0.255 e. The Hall–Kier alpha value is -1.39. The molecule has 1 aliphatic heterocycles. The van der Waals surface area contributed by atoms with Crippen molar-refractivity contribution in [1.82, 2.24) is 0 Å². The van der Waals surface area contributed by atoms with Gasteiger partial charge in [-0.3, -0.25) is 4.79 Å². The van der Waals surface area contributed by atoms with E-state index in [0.29, 0.717) is 10.1 Å². The molecule has 108 valence electrons. The zero-order chi connectivity index (χ0) is 14.7. The van der Waals surface area contributed by atoms with Gasteiger partial charge in [0.15, 0.2) is 0 Å². The Labute approximate surface area is 133 Å². The van der Waals surface area contributed by atoms with Gasteiger partial charge in [0, 0.05) is 22.8 Å². The topological polar surface area (TPSA) is 29.1 Å². The number of nitrogens with one attached hydrogen (secondary N) is 1. The smallest absolute Gasteiger partial charge is 0.255 e. The molecule has 0 aromatic heterocycles. The van der Waals surface area contributed by atoms with E-state index in [4.69, 9.17) is 0 Å². The molecule has 0 bridgehead atoms. The fraction of sp³-hybridized carbons (Fsp3) is 0.235. The number of hydrogen-bond acceptors (Lipinski definition) is 3. The van der Waals surface area contributed by atoms with Crippen molar-refractivity contribution in [1.29, 1.82) is 0 Å². The molecule has 0 radical (unpaired) electrons. The van der Waals surface area contributed by atoms with Crippen LogP contribution in [0.15, 0.2) is 48.5 Å². The number of benzene rings is 2. The van der Waals surface area contributed by atoms with Gasteiger partial charge >= 0.3 is 0 Å². The van der Waals surface area contributed by atoms with Crippen LogP contribution in [0, 0.1) is 6.92 Å². The molecule has 1 amide bonds. The lowest BCUT2D eigenvalue weighted by Gasteiger charge is -2.11. The van der Waals surface area contributed by atoms with Crippen molar-refractivity contribution in [3.05, 3.63) is 65.2 Å². The van der Waals surface area contributed by atoms with Crippen molar-refractivity contribution in [3.8, 4) is 0 Å². The molecular weight excluding hydrogens is 298 g/mol. The van der Waals surface area contributed by atoms with E-state index in [1.54, 1.807) is 0 Å². The predicted molar refractivity (Wildman–Crippen MR) is 93.2 cm³/mol. The van der Waals surface area contributed by atoms with Crippen molar-refractivity contribution in [3.63, 3.8) is 0 Å². The van der Waals surface area contributed by atoms with Crippen LogP contribution in [-0.4, -0.2) is 17.4 Å². The fourth-order valence-electron chi connectivity index (χ4n) is 2.30. The quantitative estimate of drug-likeness (QED) is 0.888. The highest BCUT2D eigenvalue weighted by atomic mass is 32.2. The second-order valence-corrected chi connectivity index (χ2v) is 7.75. The van der Waals surface area contributed by atoms with Crippen LogP contribution in [0.5, 0.6) is 0 Å². The summed E-state index contributed by atoms with van der Waals surface area (Å²) in [7, 11) is 0. The Morgan fingerprint density at radius 2 is 1.86 bits per heavy atom. The summed E-state index contributed by atoms with van der Waals surface area (Å²) in [5.41, 5.74) is 3.94. The van der Waals surface area contributed by atoms with Gasteiger partial charge in [-0.2, -0.15) is 0 Å². The third kappa shape index (κ3) is 3.63. The van der Waals surface area contributed by atoms with Crippen molar-refractivity contribution >= 4 is 35.1 Å². The molecule has 0 aliphatic carbocycles. The lowest BCUT2D eigenvalue weighted by molar-refractivity contribution is 0.102. The summed E-state index contributed by atoms with van der Waals surface area (Å²) in [5.74, 6) is 2.35. The zero-order valence-electron chi connectivity index (χ0n) is 11.8. The summed E-state index contributed by atoms with van der Waals surface area (Å²) in [6.45, 7) is 1.99. The normalized spacial score (nSPS) is 15.1. The molecule has 4 heteroatoms. The molecule has 1 heterocycles. The third-order valence-corrected chi connectivity index (χ3v) is 6.42. The molecule has 1 aliphatic rings. The highest BCUT2D eigenvalue weighted by molar-refractivity contribution is 8.19. The van der Waals surface area contributed by atoms with Gasteiger partial charge in [-0.1, -0.05) is 29.8 Å². The molecule has 2 nitrogen and oxygen atoms in total. The van der Waals surface area contributed by atoms with Crippen LogP contribution in [0.3, 0.4) is 0 Å². The molecule has 2 aromatic rings. The van der Waals surface area contributed by atoms with E-state index in [-0.39, 0.29) is 5.91 Å². The first-order valence-electron chi connectivity index (χ1n) is 6.93. The number of hydrogen-bond donors (Lipinski definition) is 1. The summed E-state index contributed by atoms with van der Waals surface area (Å²) in [6, 6.07) is 15.8. The van der Waals surface area contributed by atoms with Gasteiger partial charge in [0.25, 0.3) is 5.91 Å². The van der Waals surface area contributed by atoms with Crippen molar-refractivity contribution in [2.45, 2.75) is 11.5 Å². The average Bonchev–Trinajstić information content (AvgIpc) is 3.02. The summed E-state index contributed by atoms with van der Waals surface area (Å²) in [4.78, 5) is 12.3. The summed E-state index contributed by atoms with van der Waals surface area (Å²) in [6.07, 6.45) is 0. The zero-order valence-corrected chi connectivity index (χ0v) is 13.5. The molecule has 3 rings (SSSR count). The molecule has 0 spiro atoms. The monoisotopic (exact) mass is 315 g/mol. The number of carbonyl (C=O) groups is 1. The Balaban J connectivity index is 1.75. The standard InChI is InChI=1S/C17H17NOS2/c1-12-4-2-5-13(10-12)16(19)18-15-7-3-6-14(11-15)17-20-8-9-21-17/h2-7,10-11,17H,8-9H2,1H3,(H,18,19). The van der Waals surface area contributed by atoms with Gasteiger partial charge in [0.2, 0.25) is 0 Å². The van der Waals surface area contributed by atoms with E-state index in [0.717, 1.165) is 11.3 Å². The van der Waals surface area contributed by atoms with E-state index in [9.17, 15) is 4.79 Å². The van der Waals surface area contributed by atoms with Crippen LogP contribution in [0.1, 0.15) is 26.1 Å². The predicted octanol–water partition coefficient (Wildman–Crippen LogP) is 4.73. The summed E-state index contributed by atoms with van der Waals surface area (Å²) < 4.78 is 0.501. The molecule has 1 saturated heterocycles. The van der Waals surface area contributed by atoms with Crippen LogP contribution >= 0.6 is 23.5 Å². The minimum Gasteiger partial charge on any atom is -0.322 e. The number of carbonyl (C=O) groups excluding carboxylic acids is 1. The first-order chi connectivity index (χ1) is 10.2. The molecule has 21 heavy (non-hydrogen) atoms. The lowest BCUT2D eigenvalue weighted by Crippen LogP contribution is -2.12. The van der Waals surface area contributed by atoms with Gasteiger partial charge in [0.1, 0.15) is 0 Å². The van der Waals surface area contributed by atoms with E-state index in [1.807, 2.05) is 66.8 Å². The molecule has 0 saturated carbocycles. The highest BCUT2D eigenvalue weighted by Crippen LogP contribution is 2.45. The van der Waals surface area contributed by atoms with Crippen LogP contribution < -0.4 is 5.32 Å². The van der Waals surface area contributed by atoms with Crippen molar-refractivity contribution in [2.24, 2.45) is 0 Å². The first kappa shape index (κ1) is 14.5. The van der Waals surface area contributed by atoms with Gasteiger partial charge in [0.05, 0.1) is 4.58 Å². The lowest BCUT2D eigenvalue weighted by atomic mass is 10.1. The van der Waals surface area contributed by atoms with E-state index >= 15 is 0 Å². The van der Waals surface area contributed by atoms with Crippen LogP contribution in [0.4, 0.5) is 5.69 Å². The Morgan fingerprint density at radius 3 is 2.62 bits per heavy atom. The Kier molecular flexibility index (Phi) is 4.56. The van der Waals surface area contributed by atoms with Gasteiger partial charge in [-0.15, -0.1) is 23.5 Å². The number of anilines is 1. The maximum absolute atomic E-state index is 12.3. The van der Waals surface area contributed by atoms with Crippen molar-refractivity contribution in [2.75, 3.05) is 16.8 Å². The summed E-state index contributed by atoms with van der Waals surface area (Å²) in [5, 5.41) is 2.99. The molecule has 2 aromatic carbocycles. The van der Waals surface area contributed by atoms with Crippen LogP contribution in [-0.2, 0) is 0 Å². The molecule has 0 unspecified atom stereocenters. The Morgan fingerprint density at radius 1 is 1.10 bits per heavy atom. The molecular formula is C17H17NOS2. The van der Waals surface area contributed by atoms with Gasteiger partial charge in [-0.25, -0.2) is 0 Å². The molecule has 0 atom stereocenters. The second-order valence-electron chi connectivity index (χ2n) is 5.02. The fourth-order valence-corrected chi connectivity index (χ4v) is 5.14. The Bertz CT molecular complexity index is 651. The van der Waals surface area contributed by atoms with Crippen LogP contribution in [0.2, 0.25) is 0 Å². The number of rotatable bonds is 3. The highest BCUT2D eigenvalue weighted by Gasteiger charge is 2.18. The number of thioether (sulfide) groups is 2.